The van der Waals surface area contributed by atoms with Gasteiger partial charge < -0.3 is 5.73 Å². The number of halogens is 1. The van der Waals surface area contributed by atoms with Crippen LogP contribution in [0.5, 0.6) is 0 Å². The van der Waals surface area contributed by atoms with Crippen molar-refractivity contribution in [2.45, 2.75) is 26.4 Å². The summed E-state index contributed by atoms with van der Waals surface area (Å²) < 4.78 is 0. The first kappa shape index (κ1) is 17.5. The molecule has 0 bridgehead atoms. The fourth-order valence-corrected chi connectivity index (χ4v) is 2.88. The van der Waals surface area contributed by atoms with Gasteiger partial charge in [0.05, 0.1) is 0 Å². The quantitative estimate of drug-likeness (QED) is 0.823. The van der Waals surface area contributed by atoms with Gasteiger partial charge in [-0.2, -0.15) is 0 Å². The highest BCUT2D eigenvalue weighted by atomic mass is 35.5. The van der Waals surface area contributed by atoms with E-state index in [2.05, 4.69) is 68.3 Å². The average Bonchev–Trinajstić information content (AvgIpc) is 2.39. The van der Waals surface area contributed by atoms with Crippen molar-refractivity contribution in [3.05, 3.63) is 65.7 Å². The zero-order valence-corrected chi connectivity index (χ0v) is 13.8. The van der Waals surface area contributed by atoms with E-state index in [0.29, 0.717) is 12.0 Å². The standard InChI is InChI=1S/C18H24N2.ClH/c1-14(2)18(16-9-5-4-6-10-16)20(3)13-15-8-7-11-17(19)12-15;/h4-12,14,18H,13,19H2,1-3H3;1H. The first-order valence-electron chi connectivity index (χ1n) is 7.17. The van der Waals surface area contributed by atoms with Crippen molar-refractivity contribution in [3.8, 4) is 0 Å². The van der Waals surface area contributed by atoms with Crippen molar-refractivity contribution in [3.63, 3.8) is 0 Å². The lowest BCUT2D eigenvalue weighted by Crippen LogP contribution is -2.28. The van der Waals surface area contributed by atoms with Gasteiger partial charge in [0.1, 0.15) is 0 Å². The summed E-state index contributed by atoms with van der Waals surface area (Å²) in [6.45, 7) is 5.45. The maximum atomic E-state index is 5.86. The predicted molar refractivity (Wildman–Crippen MR) is 93.6 cm³/mol. The van der Waals surface area contributed by atoms with E-state index in [4.69, 9.17) is 5.73 Å². The van der Waals surface area contributed by atoms with Crippen LogP contribution in [0.15, 0.2) is 54.6 Å². The molecule has 0 aliphatic carbocycles. The lowest BCUT2D eigenvalue weighted by Gasteiger charge is -2.32. The highest BCUT2D eigenvalue weighted by Gasteiger charge is 2.20. The SMILES string of the molecule is CC(C)C(c1ccccc1)N(C)Cc1cccc(N)c1.Cl. The molecule has 21 heavy (non-hydrogen) atoms. The van der Waals surface area contributed by atoms with Gasteiger partial charge in [0, 0.05) is 18.3 Å². The molecule has 0 aliphatic rings. The maximum Gasteiger partial charge on any atom is 0.0371 e. The van der Waals surface area contributed by atoms with Crippen LogP contribution in [0.1, 0.15) is 31.0 Å². The van der Waals surface area contributed by atoms with Crippen molar-refractivity contribution in [1.82, 2.24) is 4.90 Å². The number of nitrogen functional groups attached to an aromatic ring is 1. The van der Waals surface area contributed by atoms with Crippen LogP contribution >= 0.6 is 12.4 Å². The summed E-state index contributed by atoms with van der Waals surface area (Å²) in [7, 11) is 2.18. The minimum atomic E-state index is 0. The third kappa shape index (κ3) is 4.76. The third-order valence-electron chi connectivity index (χ3n) is 3.63. The van der Waals surface area contributed by atoms with E-state index in [1.165, 1.54) is 11.1 Å². The summed E-state index contributed by atoms with van der Waals surface area (Å²) in [5.41, 5.74) is 9.32. The molecule has 0 aliphatic heterocycles. The van der Waals surface area contributed by atoms with E-state index in [1.807, 2.05) is 12.1 Å². The number of rotatable bonds is 5. The zero-order chi connectivity index (χ0) is 14.5. The number of benzene rings is 2. The molecule has 0 saturated heterocycles. The Bertz CT molecular complexity index is 540. The third-order valence-corrected chi connectivity index (χ3v) is 3.63. The Balaban J connectivity index is 0.00000220. The molecule has 0 spiro atoms. The molecule has 2 N–H and O–H groups in total. The minimum absolute atomic E-state index is 0. The lowest BCUT2D eigenvalue weighted by molar-refractivity contribution is 0.186. The van der Waals surface area contributed by atoms with Crippen LogP contribution in [0.25, 0.3) is 0 Å². The molecule has 0 heterocycles. The van der Waals surface area contributed by atoms with Crippen molar-refractivity contribution in [2.24, 2.45) is 5.92 Å². The van der Waals surface area contributed by atoms with Crippen LogP contribution in [0.3, 0.4) is 0 Å². The second-order valence-corrected chi connectivity index (χ2v) is 5.76. The monoisotopic (exact) mass is 304 g/mol. The summed E-state index contributed by atoms with van der Waals surface area (Å²) in [6, 6.07) is 19.3. The molecule has 1 unspecified atom stereocenters. The van der Waals surface area contributed by atoms with Crippen molar-refractivity contribution in [1.29, 1.82) is 0 Å². The van der Waals surface area contributed by atoms with Crippen LogP contribution in [0.2, 0.25) is 0 Å². The van der Waals surface area contributed by atoms with E-state index in [1.54, 1.807) is 0 Å². The maximum absolute atomic E-state index is 5.86. The largest absolute Gasteiger partial charge is 0.399 e. The van der Waals surface area contributed by atoms with Gasteiger partial charge in [-0.15, -0.1) is 12.4 Å². The topological polar surface area (TPSA) is 29.3 Å². The molecule has 114 valence electrons. The second-order valence-electron chi connectivity index (χ2n) is 5.76. The van der Waals surface area contributed by atoms with Gasteiger partial charge in [0.2, 0.25) is 0 Å². The smallest absolute Gasteiger partial charge is 0.0371 e. The Hall–Kier alpha value is -1.51. The van der Waals surface area contributed by atoms with Gasteiger partial charge >= 0.3 is 0 Å². The molecule has 0 aromatic heterocycles. The number of hydrogen-bond acceptors (Lipinski definition) is 2. The van der Waals surface area contributed by atoms with E-state index < -0.39 is 0 Å². The predicted octanol–water partition coefficient (Wildman–Crippen LogP) is 4.52. The van der Waals surface area contributed by atoms with Crippen molar-refractivity contribution >= 4 is 18.1 Å². The molecule has 0 radical (unpaired) electrons. The van der Waals surface area contributed by atoms with Gasteiger partial charge in [0.25, 0.3) is 0 Å². The van der Waals surface area contributed by atoms with E-state index in [0.717, 1.165) is 12.2 Å². The normalized spacial score (nSPS) is 12.2. The molecule has 3 heteroatoms. The molecule has 2 aromatic carbocycles. The number of nitrogens with two attached hydrogens (primary N) is 1. The molecular weight excluding hydrogens is 280 g/mol. The Morgan fingerprint density at radius 1 is 1.00 bits per heavy atom. The van der Waals surface area contributed by atoms with Crippen LogP contribution in [-0.2, 0) is 6.54 Å². The lowest BCUT2D eigenvalue weighted by atomic mass is 9.94. The fraction of sp³-hybridized carbons (Fsp3) is 0.333. The molecule has 2 nitrogen and oxygen atoms in total. The van der Waals surface area contributed by atoms with Crippen molar-refractivity contribution in [2.75, 3.05) is 12.8 Å². The van der Waals surface area contributed by atoms with Crippen molar-refractivity contribution < 1.29 is 0 Å². The Labute approximate surface area is 134 Å². The van der Waals surface area contributed by atoms with Crippen LogP contribution in [-0.4, -0.2) is 11.9 Å². The van der Waals surface area contributed by atoms with Gasteiger partial charge in [-0.1, -0.05) is 56.3 Å². The number of anilines is 1. The first-order valence-corrected chi connectivity index (χ1v) is 7.17. The number of hydrogen-bond donors (Lipinski definition) is 1. The van der Waals surface area contributed by atoms with Gasteiger partial charge in [0.15, 0.2) is 0 Å². The molecule has 0 saturated carbocycles. The zero-order valence-electron chi connectivity index (χ0n) is 13.0. The van der Waals surface area contributed by atoms with E-state index >= 15 is 0 Å². The molecule has 0 amide bonds. The molecule has 0 fully saturated rings. The van der Waals surface area contributed by atoms with Crippen LogP contribution in [0.4, 0.5) is 5.69 Å². The average molecular weight is 305 g/mol. The molecule has 2 aromatic rings. The second kappa shape index (κ2) is 8.06. The van der Waals surface area contributed by atoms with Gasteiger partial charge in [-0.3, -0.25) is 4.90 Å². The summed E-state index contributed by atoms with van der Waals surface area (Å²) in [6.07, 6.45) is 0. The number of nitrogens with zero attached hydrogens (tertiary/aromatic N) is 1. The highest BCUT2D eigenvalue weighted by Crippen LogP contribution is 2.28. The van der Waals surface area contributed by atoms with Crippen LogP contribution in [0, 0.1) is 5.92 Å². The molecule has 1 atom stereocenters. The highest BCUT2D eigenvalue weighted by molar-refractivity contribution is 5.85. The summed E-state index contributed by atoms with van der Waals surface area (Å²) in [5, 5.41) is 0. The molecule has 2 rings (SSSR count). The fourth-order valence-electron chi connectivity index (χ4n) is 2.88. The van der Waals surface area contributed by atoms with Crippen LogP contribution < -0.4 is 5.73 Å². The Kier molecular flexibility index (Phi) is 6.73. The Morgan fingerprint density at radius 2 is 1.67 bits per heavy atom. The van der Waals surface area contributed by atoms with Gasteiger partial charge in [-0.25, -0.2) is 0 Å². The molecular formula is C18H25ClN2. The summed E-state index contributed by atoms with van der Waals surface area (Å²) in [4.78, 5) is 2.40. The van der Waals surface area contributed by atoms with Gasteiger partial charge in [-0.05, 0) is 36.2 Å². The Morgan fingerprint density at radius 3 is 2.24 bits per heavy atom. The van der Waals surface area contributed by atoms with E-state index in [9.17, 15) is 0 Å². The first-order chi connectivity index (χ1) is 9.58. The summed E-state index contributed by atoms with van der Waals surface area (Å²) >= 11 is 0. The minimum Gasteiger partial charge on any atom is -0.399 e. The van der Waals surface area contributed by atoms with E-state index in [-0.39, 0.29) is 12.4 Å². The summed E-state index contributed by atoms with van der Waals surface area (Å²) in [5.74, 6) is 0.559.